The van der Waals surface area contributed by atoms with Gasteiger partial charge in [-0.15, -0.1) is 0 Å². The Balaban J connectivity index is 1.46. The Morgan fingerprint density at radius 3 is 2.64 bits per heavy atom. The number of aryl methyl sites for hydroxylation is 1. The molecule has 0 spiro atoms. The fraction of sp³-hybridized carbons (Fsp3) is 0.600. The van der Waals surface area contributed by atoms with Crippen molar-refractivity contribution in [2.24, 2.45) is 0 Å². The van der Waals surface area contributed by atoms with Crippen LogP contribution in [0.3, 0.4) is 0 Å². The molecule has 0 aromatic carbocycles. The maximum Gasteiger partial charge on any atom is 0.330 e. The van der Waals surface area contributed by atoms with Gasteiger partial charge in [-0.05, 0) is 25.0 Å². The van der Waals surface area contributed by atoms with E-state index in [0.29, 0.717) is 19.6 Å². The van der Waals surface area contributed by atoms with Gasteiger partial charge < -0.3 is 9.40 Å². The van der Waals surface area contributed by atoms with Crippen LogP contribution >= 0.6 is 12.2 Å². The van der Waals surface area contributed by atoms with E-state index in [-0.39, 0.29) is 5.97 Å². The second kappa shape index (κ2) is 9.68. The largest absolute Gasteiger partial charge is 0.339 e. The van der Waals surface area contributed by atoms with E-state index in [2.05, 4.69) is 4.57 Å². The molecule has 0 amide bonds. The molecule has 22 heavy (non-hydrogen) atoms. The number of rotatable bonds is 9. The summed E-state index contributed by atoms with van der Waals surface area (Å²) in [5.74, 6) is -0.322. The summed E-state index contributed by atoms with van der Waals surface area (Å²) in [6.45, 7) is 1.78. The van der Waals surface area contributed by atoms with Crippen LogP contribution in [0.2, 0.25) is 0 Å². The first-order chi connectivity index (χ1) is 10.8. The molecule has 1 aliphatic rings. The second-order valence-electron chi connectivity index (χ2n) is 5.10. The van der Waals surface area contributed by atoms with E-state index in [1.807, 2.05) is 24.4 Å². The van der Waals surface area contributed by atoms with Crippen molar-refractivity contribution in [1.29, 1.82) is 0 Å². The van der Waals surface area contributed by atoms with Gasteiger partial charge in [-0.2, -0.15) is 0 Å². The fourth-order valence-corrected chi connectivity index (χ4v) is 2.40. The molecule has 122 valence electrons. The Bertz CT molecular complexity index is 514. The van der Waals surface area contributed by atoms with Crippen LogP contribution in [0.25, 0.3) is 0 Å². The monoisotopic (exact) mass is 326 g/mol. The van der Waals surface area contributed by atoms with E-state index < -0.39 is 0 Å². The van der Waals surface area contributed by atoms with Gasteiger partial charge in [0.2, 0.25) is 0 Å². The molecular weight excluding hydrogens is 304 g/mol. The van der Waals surface area contributed by atoms with Crippen molar-refractivity contribution in [3.63, 3.8) is 0 Å². The Labute approximate surface area is 135 Å². The van der Waals surface area contributed by atoms with Crippen molar-refractivity contribution in [1.82, 2.24) is 9.96 Å². The minimum absolute atomic E-state index is 0.322. The van der Waals surface area contributed by atoms with Crippen molar-refractivity contribution < 1.29 is 19.3 Å². The summed E-state index contributed by atoms with van der Waals surface area (Å²) in [7, 11) is 0. The van der Waals surface area contributed by atoms with E-state index >= 15 is 0 Å². The molecule has 1 saturated heterocycles. The van der Waals surface area contributed by atoms with Gasteiger partial charge in [0.15, 0.2) is 0 Å². The Hall–Kier alpha value is -1.28. The van der Waals surface area contributed by atoms with Crippen LogP contribution in [0.5, 0.6) is 0 Å². The number of hydrogen-bond donors (Lipinski definition) is 0. The second-order valence-corrected chi connectivity index (χ2v) is 5.52. The molecule has 1 aromatic heterocycles. The van der Waals surface area contributed by atoms with Crippen molar-refractivity contribution >= 4 is 18.2 Å². The molecular formula is C15H22N2O4S. The summed E-state index contributed by atoms with van der Waals surface area (Å²) >= 11 is 5.25. The van der Waals surface area contributed by atoms with Crippen molar-refractivity contribution in [3.8, 4) is 0 Å². The van der Waals surface area contributed by atoms with Gasteiger partial charge >= 0.3 is 5.97 Å². The van der Waals surface area contributed by atoms with Crippen LogP contribution in [0.1, 0.15) is 38.5 Å². The van der Waals surface area contributed by atoms with Crippen LogP contribution in [0.15, 0.2) is 24.4 Å². The fourth-order valence-electron chi connectivity index (χ4n) is 2.17. The van der Waals surface area contributed by atoms with Crippen molar-refractivity contribution in [2.75, 3.05) is 13.2 Å². The van der Waals surface area contributed by atoms with Crippen LogP contribution in [0.4, 0.5) is 0 Å². The van der Waals surface area contributed by atoms with Gasteiger partial charge in [-0.1, -0.05) is 37.5 Å². The summed E-state index contributed by atoms with van der Waals surface area (Å²) in [5, 5.41) is 0.797. The Morgan fingerprint density at radius 1 is 1.14 bits per heavy atom. The smallest absolute Gasteiger partial charge is 0.330 e. The van der Waals surface area contributed by atoms with E-state index in [0.717, 1.165) is 48.7 Å². The van der Waals surface area contributed by atoms with Gasteiger partial charge in [0, 0.05) is 19.2 Å². The molecule has 0 saturated carbocycles. The van der Waals surface area contributed by atoms with Crippen LogP contribution in [-0.4, -0.2) is 29.1 Å². The van der Waals surface area contributed by atoms with Gasteiger partial charge in [0.1, 0.15) is 23.2 Å². The first-order valence-corrected chi connectivity index (χ1v) is 8.09. The number of hydrogen-bond acceptors (Lipinski definition) is 6. The molecule has 7 heteroatoms. The lowest BCUT2D eigenvalue weighted by molar-refractivity contribution is -0.460. The van der Waals surface area contributed by atoms with Crippen LogP contribution < -0.4 is 0 Å². The third-order valence-corrected chi connectivity index (χ3v) is 3.70. The van der Waals surface area contributed by atoms with Crippen LogP contribution in [0, 0.1) is 4.64 Å². The minimum atomic E-state index is -0.322. The van der Waals surface area contributed by atoms with E-state index in [1.54, 1.807) is 0 Å². The van der Waals surface area contributed by atoms with E-state index in [4.69, 9.17) is 26.7 Å². The summed E-state index contributed by atoms with van der Waals surface area (Å²) in [4.78, 5) is 26.1. The molecule has 2 rings (SSSR count). The molecule has 0 bridgehead atoms. The van der Waals surface area contributed by atoms with E-state index in [1.165, 1.54) is 0 Å². The molecule has 0 unspecified atom stereocenters. The highest BCUT2D eigenvalue weighted by Gasteiger charge is 2.18. The summed E-state index contributed by atoms with van der Waals surface area (Å²) in [5.41, 5.74) is 0. The molecule has 0 aliphatic carbocycles. The quantitative estimate of drug-likeness (QED) is 0.513. The predicted molar refractivity (Wildman–Crippen MR) is 82.8 cm³/mol. The van der Waals surface area contributed by atoms with Crippen molar-refractivity contribution in [3.05, 3.63) is 29.0 Å². The Kier molecular flexibility index (Phi) is 7.51. The summed E-state index contributed by atoms with van der Waals surface area (Å²) < 4.78 is 2.96. The first kappa shape index (κ1) is 17.1. The van der Waals surface area contributed by atoms with Gasteiger partial charge in [-0.3, -0.25) is 4.79 Å². The number of aromatic nitrogens is 1. The molecule has 0 N–H and O–H groups in total. The zero-order valence-corrected chi connectivity index (χ0v) is 13.4. The normalized spacial score (nSPS) is 15.1. The van der Waals surface area contributed by atoms with Gasteiger partial charge in [0.05, 0.1) is 0 Å². The highest BCUT2D eigenvalue weighted by atomic mass is 32.1. The summed E-state index contributed by atoms with van der Waals surface area (Å²) in [6.07, 6.45) is 7.55. The molecule has 0 radical (unpaired) electrons. The van der Waals surface area contributed by atoms with Crippen LogP contribution in [-0.2, 0) is 25.9 Å². The standard InChI is InChI=1S/C15H22N2O4S/c18-15(21-17-19-12-13-20-17)9-4-2-1-3-6-10-16-11-7-5-8-14(16)22/h5,7-8,11H,1-4,6,9-10,12-13H2. The topological polar surface area (TPSA) is 52.9 Å². The third kappa shape index (κ3) is 6.23. The third-order valence-electron chi connectivity index (χ3n) is 3.33. The molecule has 1 fully saturated rings. The molecule has 2 heterocycles. The van der Waals surface area contributed by atoms with Gasteiger partial charge in [0.25, 0.3) is 0 Å². The first-order valence-electron chi connectivity index (χ1n) is 7.68. The lowest BCUT2D eigenvalue weighted by atomic mass is 10.1. The average Bonchev–Trinajstić information content (AvgIpc) is 3.01. The van der Waals surface area contributed by atoms with Gasteiger partial charge in [-0.25, -0.2) is 9.68 Å². The molecule has 0 atom stereocenters. The van der Waals surface area contributed by atoms with E-state index in [9.17, 15) is 4.79 Å². The molecule has 1 aromatic rings. The lowest BCUT2D eigenvalue weighted by Gasteiger charge is -2.10. The zero-order chi connectivity index (χ0) is 15.6. The predicted octanol–water partition coefficient (Wildman–Crippen LogP) is 3.20. The number of carbonyl (C=O) groups is 1. The zero-order valence-electron chi connectivity index (χ0n) is 12.6. The molecule has 6 nitrogen and oxygen atoms in total. The highest BCUT2D eigenvalue weighted by molar-refractivity contribution is 7.71. The number of nitrogens with zero attached hydrogens (tertiary/aromatic N) is 2. The average molecular weight is 326 g/mol. The number of unbranched alkanes of at least 4 members (excludes halogenated alkanes) is 4. The SMILES string of the molecule is O=C(CCCCCCCn1ccccc1=S)ON1OCCO1. The maximum atomic E-state index is 11.5. The van der Waals surface area contributed by atoms with Crippen molar-refractivity contribution in [2.45, 2.75) is 45.1 Å². The Morgan fingerprint density at radius 2 is 1.86 bits per heavy atom. The molecule has 1 aliphatic heterocycles. The number of carbonyl (C=O) groups excluding carboxylic acids is 1. The number of pyridine rings is 1. The lowest BCUT2D eigenvalue weighted by Crippen LogP contribution is -2.21. The minimum Gasteiger partial charge on any atom is -0.339 e. The summed E-state index contributed by atoms with van der Waals surface area (Å²) in [6, 6.07) is 5.89. The highest BCUT2D eigenvalue weighted by Crippen LogP contribution is 2.09. The maximum absolute atomic E-state index is 11.5.